The maximum Gasteiger partial charge on any atom is 0.137 e. The fourth-order valence-electron chi connectivity index (χ4n) is 8.35. The molecule has 232 valence electrons. The molecule has 0 bridgehead atoms. The summed E-state index contributed by atoms with van der Waals surface area (Å²) in [7, 11) is 0. The molecule has 0 spiro atoms. The van der Waals surface area contributed by atoms with E-state index in [1.54, 1.807) is 0 Å². The minimum atomic E-state index is -0.137. The number of benzene rings is 4. The molecule has 4 aromatic carbocycles. The number of para-hydroxylation sites is 2. The molecule has 1 aliphatic rings. The van der Waals surface area contributed by atoms with Crippen LogP contribution >= 0.6 is 0 Å². The Hall–Kier alpha value is -5.22. The van der Waals surface area contributed by atoms with Crippen molar-refractivity contribution in [3.8, 4) is 17.1 Å². The Morgan fingerprint density at radius 1 is 0.596 bits per heavy atom. The van der Waals surface area contributed by atoms with Crippen molar-refractivity contribution in [3.05, 3.63) is 145 Å². The van der Waals surface area contributed by atoms with Gasteiger partial charge in [-0.3, -0.25) is 9.55 Å². The monoisotopic (exact) mass is 612 g/mol. The summed E-state index contributed by atoms with van der Waals surface area (Å²) in [5, 5.41) is 2.44. The van der Waals surface area contributed by atoms with Crippen LogP contribution in [0.25, 0.3) is 38.9 Å². The maximum absolute atomic E-state index is 4.80. The van der Waals surface area contributed by atoms with E-state index >= 15 is 0 Å². The summed E-state index contributed by atoms with van der Waals surface area (Å²) in [6, 6.07) is 44.1. The van der Waals surface area contributed by atoms with Gasteiger partial charge in [-0.05, 0) is 77.6 Å². The highest BCUT2D eigenvalue weighted by Crippen LogP contribution is 2.59. The van der Waals surface area contributed by atoms with Gasteiger partial charge in [0.25, 0.3) is 0 Å². The first-order chi connectivity index (χ1) is 23.1. The molecule has 0 saturated carbocycles. The number of aromatic nitrogens is 3. The highest BCUT2D eigenvalue weighted by Gasteiger charge is 2.49. The summed E-state index contributed by atoms with van der Waals surface area (Å²) in [5.74, 6) is 1.80. The van der Waals surface area contributed by atoms with Crippen LogP contribution in [0.2, 0.25) is 0 Å². The number of pyridine rings is 2. The van der Waals surface area contributed by atoms with Gasteiger partial charge in [-0.25, -0.2) is 4.98 Å². The topological polar surface area (TPSA) is 34.0 Å². The van der Waals surface area contributed by atoms with Gasteiger partial charge in [-0.1, -0.05) is 107 Å². The normalized spacial score (nSPS) is 17.0. The molecule has 0 radical (unpaired) electrons. The van der Waals surface area contributed by atoms with Crippen LogP contribution in [-0.4, -0.2) is 14.5 Å². The van der Waals surface area contributed by atoms with Crippen molar-refractivity contribution >= 4 is 38.9 Å². The molecule has 0 N–H and O–H groups in total. The standard InChI is InChI=1S/C43H40N4/c1-5-29(3)43(30(4)6-2)35-16-8-10-19-39(35)46(41-27-31(21-24-36(41)43)37-17-11-13-25-44-37)32-22-23-34-33-15-7-9-18-38(33)47(40(34)28-32)42-20-12-14-26-45-42/h7-30H,5-6H2,1-4H3. The summed E-state index contributed by atoms with van der Waals surface area (Å²) in [6.07, 6.45) is 5.95. The van der Waals surface area contributed by atoms with Crippen LogP contribution in [0.15, 0.2) is 134 Å². The van der Waals surface area contributed by atoms with Crippen molar-refractivity contribution in [3.63, 3.8) is 0 Å². The summed E-state index contributed by atoms with van der Waals surface area (Å²) < 4.78 is 2.30. The first-order valence-corrected chi connectivity index (χ1v) is 17.0. The van der Waals surface area contributed by atoms with Gasteiger partial charge in [0.2, 0.25) is 0 Å². The lowest BCUT2D eigenvalue weighted by atomic mass is 9.56. The fraction of sp³-hybridized carbons (Fsp3) is 0.209. The van der Waals surface area contributed by atoms with Crippen LogP contribution in [0, 0.1) is 11.8 Å². The van der Waals surface area contributed by atoms with Gasteiger partial charge in [0.15, 0.2) is 0 Å². The molecule has 2 atom stereocenters. The number of fused-ring (bicyclic) bond motifs is 5. The van der Waals surface area contributed by atoms with E-state index in [0.717, 1.165) is 46.6 Å². The third-order valence-electron chi connectivity index (χ3n) is 10.8. The molecule has 3 aromatic heterocycles. The minimum Gasteiger partial charge on any atom is -0.310 e. The van der Waals surface area contributed by atoms with Crippen molar-refractivity contribution in [2.45, 2.75) is 46.0 Å². The lowest BCUT2D eigenvalue weighted by Crippen LogP contribution is -2.45. The summed E-state index contributed by atoms with van der Waals surface area (Å²) in [5.41, 5.74) is 10.7. The van der Waals surface area contributed by atoms with Gasteiger partial charge < -0.3 is 4.90 Å². The van der Waals surface area contributed by atoms with E-state index in [0.29, 0.717) is 11.8 Å². The Kier molecular flexibility index (Phi) is 7.17. The second-order valence-electron chi connectivity index (χ2n) is 13.0. The molecule has 0 amide bonds. The number of rotatable bonds is 7. The third kappa shape index (κ3) is 4.35. The second-order valence-corrected chi connectivity index (χ2v) is 13.0. The van der Waals surface area contributed by atoms with Gasteiger partial charge in [0.05, 0.1) is 28.1 Å². The third-order valence-corrected chi connectivity index (χ3v) is 10.8. The van der Waals surface area contributed by atoms with Crippen LogP contribution in [0.3, 0.4) is 0 Å². The predicted octanol–water partition coefficient (Wildman–Crippen LogP) is 11.4. The van der Waals surface area contributed by atoms with E-state index in [2.05, 4.69) is 146 Å². The van der Waals surface area contributed by atoms with Crippen molar-refractivity contribution in [1.82, 2.24) is 14.5 Å². The predicted molar refractivity (Wildman–Crippen MR) is 196 cm³/mol. The molecule has 4 heteroatoms. The highest BCUT2D eigenvalue weighted by molar-refractivity contribution is 6.10. The van der Waals surface area contributed by atoms with E-state index in [9.17, 15) is 0 Å². The Morgan fingerprint density at radius 2 is 1.28 bits per heavy atom. The molecule has 8 rings (SSSR count). The lowest BCUT2D eigenvalue weighted by Gasteiger charge is -2.52. The molecule has 0 saturated heterocycles. The zero-order chi connectivity index (χ0) is 32.1. The van der Waals surface area contributed by atoms with Crippen LogP contribution in [0.4, 0.5) is 17.1 Å². The molecular formula is C43H40N4. The number of nitrogens with zero attached hydrogens (tertiary/aromatic N) is 4. The molecule has 4 nitrogen and oxygen atoms in total. The van der Waals surface area contributed by atoms with E-state index in [4.69, 9.17) is 9.97 Å². The molecule has 7 aromatic rings. The van der Waals surface area contributed by atoms with Gasteiger partial charge in [-0.15, -0.1) is 0 Å². The van der Waals surface area contributed by atoms with Crippen molar-refractivity contribution in [2.75, 3.05) is 4.90 Å². The highest BCUT2D eigenvalue weighted by atomic mass is 15.2. The van der Waals surface area contributed by atoms with Crippen LogP contribution in [0.5, 0.6) is 0 Å². The van der Waals surface area contributed by atoms with E-state index in [-0.39, 0.29) is 5.41 Å². The number of hydrogen-bond donors (Lipinski definition) is 0. The smallest absolute Gasteiger partial charge is 0.137 e. The molecule has 0 aliphatic carbocycles. The fourth-order valence-corrected chi connectivity index (χ4v) is 8.35. The van der Waals surface area contributed by atoms with Crippen molar-refractivity contribution < 1.29 is 0 Å². The number of anilines is 3. The zero-order valence-corrected chi connectivity index (χ0v) is 27.6. The summed E-state index contributed by atoms with van der Waals surface area (Å²) >= 11 is 0. The Bertz CT molecular complexity index is 2210. The van der Waals surface area contributed by atoms with Gasteiger partial charge in [0, 0.05) is 39.8 Å². The summed E-state index contributed by atoms with van der Waals surface area (Å²) in [4.78, 5) is 12.1. The largest absolute Gasteiger partial charge is 0.310 e. The van der Waals surface area contributed by atoms with E-state index in [1.807, 2.05) is 24.5 Å². The molecule has 2 unspecified atom stereocenters. The molecule has 4 heterocycles. The molecule has 47 heavy (non-hydrogen) atoms. The average Bonchev–Trinajstić information content (AvgIpc) is 3.47. The lowest BCUT2D eigenvalue weighted by molar-refractivity contribution is 0.228. The minimum absolute atomic E-state index is 0.137. The first kappa shape index (κ1) is 29.2. The molecular weight excluding hydrogens is 573 g/mol. The quantitative estimate of drug-likeness (QED) is 0.180. The van der Waals surface area contributed by atoms with Crippen LogP contribution in [0.1, 0.15) is 51.7 Å². The average molecular weight is 613 g/mol. The van der Waals surface area contributed by atoms with E-state index in [1.165, 1.54) is 33.3 Å². The van der Waals surface area contributed by atoms with E-state index < -0.39 is 0 Å². The first-order valence-electron chi connectivity index (χ1n) is 17.0. The van der Waals surface area contributed by atoms with Crippen LogP contribution in [-0.2, 0) is 5.41 Å². The maximum atomic E-state index is 4.80. The second kappa shape index (κ2) is 11.5. The van der Waals surface area contributed by atoms with Crippen molar-refractivity contribution in [1.29, 1.82) is 0 Å². The number of hydrogen-bond acceptors (Lipinski definition) is 3. The zero-order valence-electron chi connectivity index (χ0n) is 27.6. The Morgan fingerprint density at radius 3 is 2.02 bits per heavy atom. The Balaban J connectivity index is 1.45. The molecule has 1 aliphatic heterocycles. The van der Waals surface area contributed by atoms with Gasteiger partial charge >= 0.3 is 0 Å². The summed E-state index contributed by atoms with van der Waals surface area (Å²) in [6.45, 7) is 9.59. The Labute approximate surface area is 277 Å². The molecule has 0 fully saturated rings. The van der Waals surface area contributed by atoms with Crippen LogP contribution < -0.4 is 4.90 Å². The van der Waals surface area contributed by atoms with Crippen molar-refractivity contribution in [2.24, 2.45) is 11.8 Å². The SMILES string of the molecule is CCC(C)C1(C(C)CC)c2ccccc2N(c2ccc3c4ccccc4n(-c4ccccn4)c3c2)c2cc(-c3ccccn3)ccc21. The van der Waals surface area contributed by atoms with Gasteiger partial charge in [-0.2, -0.15) is 0 Å². The van der Waals surface area contributed by atoms with Gasteiger partial charge in [0.1, 0.15) is 5.82 Å².